The highest BCUT2D eigenvalue weighted by Crippen LogP contribution is 2.46. The van der Waals surface area contributed by atoms with E-state index in [0.29, 0.717) is 5.41 Å². The number of rotatable bonds is 1. The Morgan fingerprint density at radius 2 is 1.56 bits per heavy atom. The van der Waals surface area contributed by atoms with Crippen LogP contribution in [0.4, 0.5) is 0 Å². The van der Waals surface area contributed by atoms with Gasteiger partial charge in [-0.15, -0.1) is 0 Å². The molecule has 0 saturated heterocycles. The minimum absolute atomic E-state index is 0.445. The molecule has 1 aliphatic rings. The topological polar surface area (TPSA) is 0 Å². The van der Waals surface area contributed by atoms with Gasteiger partial charge in [-0.25, -0.2) is 0 Å². The van der Waals surface area contributed by atoms with Gasteiger partial charge < -0.3 is 0 Å². The molecule has 1 aliphatic carbocycles. The van der Waals surface area contributed by atoms with Gasteiger partial charge in [0.05, 0.1) is 0 Å². The Balaban J connectivity index is 2.24. The molecule has 0 bridgehead atoms. The number of benzene rings is 1. The Bertz CT molecular complexity index is 318. The van der Waals surface area contributed by atoms with Crippen molar-refractivity contribution in [2.75, 3.05) is 0 Å². The van der Waals surface area contributed by atoms with Gasteiger partial charge in [-0.1, -0.05) is 63.9 Å². The van der Waals surface area contributed by atoms with E-state index in [1.54, 1.807) is 5.56 Å². The highest BCUT2D eigenvalue weighted by molar-refractivity contribution is 5.21. The van der Waals surface area contributed by atoms with Crippen LogP contribution >= 0.6 is 0 Å². The van der Waals surface area contributed by atoms with Gasteiger partial charge in [0.1, 0.15) is 0 Å². The first-order valence-corrected chi connectivity index (χ1v) is 6.64. The van der Waals surface area contributed by atoms with Crippen LogP contribution in [0, 0.1) is 11.3 Å². The van der Waals surface area contributed by atoms with Crippen molar-refractivity contribution in [1.29, 1.82) is 0 Å². The van der Waals surface area contributed by atoms with Crippen molar-refractivity contribution in [3.05, 3.63) is 35.9 Å². The molecule has 2 rings (SSSR count). The molecule has 2 atom stereocenters. The van der Waals surface area contributed by atoms with E-state index in [1.165, 1.54) is 25.7 Å². The van der Waals surface area contributed by atoms with E-state index >= 15 is 0 Å². The Hall–Kier alpha value is -0.780. The maximum atomic E-state index is 2.40. The first-order chi connectivity index (χ1) is 7.59. The molecule has 0 heteroatoms. The van der Waals surface area contributed by atoms with Gasteiger partial charge in [0.2, 0.25) is 0 Å². The molecule has 0 nitrogen and oxygen atoms in total. The summed E-state index contributed by atoms with van der Waals surface area (Å²) in [4.78, 5) is 0. The molecule has 1 saturated carbocycles. The lowest BCUT2D eigenvalue weighted by Gasteiger charge is -2.40. The summed E-state index contributed by atoms with van der Waals surface area (Å²) in [6.45, 7) is 7.21. The van der Waals surface area contributed by atoms with Gasteiger partial charge in [0.25, 0.3) is 0 Å². The normalized spacial score (nSPS) is 26.7. The first-order valence-electron chi connectivity index (χ1n) is 6.64. The zero-order chi connectivity index (χ0) is 11.6. The van der Waals surface area contributed by atoms with Crippen molar-refractivity contribution >= 4 is 0 Å². The van der Waals surface area contributed by atoms with Crippen molar-refractivity contribution in [3.8, 4) is 0 Å². The fourth-order valence-electron chi connectivity index (χ4n) is 3.27. The van der Waals surface area contributed by atoms with E-state index in [9.17, 15) is 0 Å². The van der Waals surface area contributed by atoms with E-state index in [0.717, 1.165) is 11.8 Å². The lowest BCUT2D eigenvalue weighted by Crippen LogP contribution is -2.29. The molecule has 0 amide bonds. The van der Waals surface area contributed by atoms with Crippen molar-refractivity contribution in [2.45, 2.75) is 52.4 Å². The zero-order valence-corrected chi connectivity index (χ0v) is 10.9. The van der Waals surface area contributed by atoms with Gasteiger partial charge in [-0.2, -0.15) is 0 Å². The van der Waals surface area contributed by atoms with Crippen molar-refractivity contribution in [3.63, 3.8) is 0 Å². The second-order valence-electron chi connectivity index (χ2n) is 6.27. The Morgan fingerprint density at radius 3 is 2.19 bits per heavy atom. The molecule has 1 unspecified atom stereocenters. The summed E-state index contributed by atoms with van der Waals surface area (Å²) in [6.07, 6.45) is 5.62. The van der Waals surface area contributed by atoms with E-state index in [-0.39, 0.29) is 0 Å². The zero-order valence-electron chi connectivity index (χ0n) is 10.9. The molecule has 1 aromatic rings. The predicted molar refractivity (Wildman–Crippen MR) is 70.6 cm³/mol. The lowest BCUT2D eigenvalue weighted by molar-refractivity contribution is 0.151. The van der Waals surface area contributed by atoms with Crippen LogP contribution in [0.3, 0.4) is 0 Å². The van der Waals surface area contributed by atoms with Gasteiger partial charge in [0.15, 0.2) is 0 Å². The largest absolute Gasteiger partial charge is 0.0622 e. The Kier molecular flexibility index (Phi) is 3.37. The number of hydrogen-bond donors (Lipinski definition) is 0. The summed E-state index contributed by atoms with van der Waals surface area (Å²) in [5.74, 6) is 1.64. The Labute approximate surface area is 100 Å². The fraction of sp³-hybridized carbons (Fsp3) is 0.625. The maximum Gasteiger partial charge on any atom is -0.0129 e. The molecule has 1 aromatic carbocycles. The highest BCUT2D eigenvalue weighted by Gasteiger charge is 2.34. The smallest absolute Gasteiger partial charge is 0.0129 e. The van der Waals surface area contributed by atoms with Crippen LogP contribution in [0.2, 0.25) is 0 Å². The monoisotopic (exact) mass is 216 g/mol. The van der Waals surface area contributed by atoms with Gasteiger partial charge in [-0.3, -0.25) is 0 Å². The molecular formula is C16H24. The van der Waals surface area contributed by atoms with E-state index in [4.69, 9.17) is 0 Å². The summed E-state index contributed by atoms with van der Waals surface area (Å²) in [6, 6.07) is 11.1. The third-order valence-corrected chi connectivity index (χ3v) is 4.11. The predicted octanol–water partition coefficient (Wildman–Crippen LogP) is 5.01. The molecule has 0 aliphatic heterocycles. The second kappa shape index (κ2) is 4.61. The van der Waals surface area contributed by atoms with Crippen LogP contribution in [0.1, 0.15) is 57.9 Å². The summed E-state index contributed by atoms with van der Waals surface area (Å²) >= 11 is 0. The summed E-state index contributed by atoms with van der Waals surface area (Å²) in [5, 5.41) is 0. The minimum atomic E-state index is 0.445. The van der Waals surface area contributed by atoms with E-state index in [1.807, 2.05) is 0 Å². The first kappa shape index (κ1) is 11.7. The van der Waals surface area contributed by atoms with Crippen LogP contribution in [-0.4, -0.2) is 0 Å². The molecule has 0 heterocycles. The quantitative estimate of drug-likeness (QED) is 0.619. The van der Waals surface area contributed by atoms with Crippen LogP contribution < -0.4 is 0 Å². The van der Waals surface area contributed by atoms with Gasteiger partial charge in [-0.05, 0) is 35.7 Å². The SMILES string of the molecule is CC(C)(C)[C@H]1CCCCC1c1ccccc1. The van der Waals surface area contributed by atoms with Crippen molar-refractivity contribution < 1.29 is 0 Å². The minimum Gasteiger partial charge on any atom is -0.0622 e. The molecule has 0 aromatic heterocycles. The van der Waals surface area contributed by atoms with Gasteiger partial charge >= 0.3 is 0 Å². The van der Waals surface area contributed by atoms with Crippen molar-refractivity contribution in [1.82, 2.24) is 0 Å². The van der Waals surface area contributed by atoms with Gasteiger partial charge in [0, 0.05) is 0 Å². The fourth-order valence-corrected chi connectivity index (χ4v) is 3.27. The standard InChI is InChI=1S/C16H24/c1-16(2,3)15-12-8-7-11-14(15)13-9-5-4-6-10-13/h4-6,9-10,14-15H,7-8,11-12H2,1-3H3/t14?,15-/m0/s1. The molecular weight excluding hydrogens is 192 g/mol. The summed E-state index contributed by atoms with van der Waals surface area (Å²) in [5.41, 5.74) is 2.00. The van der Waals surface area contributed by atoms with Crippen LogP contribution in [0.25, 0.3) is 0 Å². The molecule has 0 spiro atoms. The maximum absolute atomic E-state index is 2.40. The second-order valence-corrected chi connectivity index (χ2v) is 6.27. The highest BCUT2D eigenvalue weighted by atomic mass is 14.4. The van der Waals surface area contributed by atoms with Crippen LogP contribution in [-0.2, 0) is 0 Å². The Morgan fingerprint density at radius 1 is 0.938 bits per heavy atom. The summed E-state index contributed by atoms with van der Waals surface area (Å²) < 4.78 is 0. The average Bonchev–Trinajstić information content (AvgIpc) is 2.29. The average molecular weight is 216 g/mol. The van der Waals surface area contributed by atoms with E-state index < -0.39 is 0 Å². The van der Waals surface area contributed by atoms with E-state index in [2.05, 4.69) is 51.1 Å². The third-order valence-electron chi connectivity index (χ3n) is 4.11. The van der Waals surface area contributed by atoms with Crippen LogP contribution in [0.5, 0.6) is 0 Å². The lowest BCUT2D eigenvalue weighted by atomic mass is 9.64. The molecule has 1 fully saturated rings. The number of hydrogen-bond acceptors (Lipinski definition) is 0. The molecule has 0 N–H and O–H groups in total. The summed E-state index contributed by atoms with van der Waals surface area (Å²) in [7, 11) is 0. The van der Waals surface area contributed by atoms with Crippen LogP contribution in [0.15, 0.2) is 30.3 Å². The third kappa shape index (κ3) is 2.48. The molecule has 16 heavy (non-hydrogen) atoms. The van der Waals surface area contributed by atoms with Crippen molar-refractivity contribution in [2.24, 2.45) is 11.3 Å². The molecule has 88 valence electrons. The molecule has 0 radical (unpaired) electrons.